The van der Waals surface area contributed by atoms with E-state index in [1.807, 2.05) is 32.0 Å². The Morgan fingerprint density at radius 3 is 2.32 bits per heavy atom. The smallest absolute Gasteiger partial charge is 0.335 e. The first-order chi connectivity index (χ1) is 10.3. The predicted molar refractivity (Wildman–Crippen MR) is 83.3 cm³/mol. The average molecular weight is 319 g/mol. The van der Waals surface area contributed by atoms with E-state index >= 15 is 0 Å². The number of carboxylic acids is 1. The zero-order valence-electron chi connectivity index (χ0n) is 12.3. The van der Waals surface area contributed by atoms with Crippen LogP contribution < -0.4 is 4.72 Å². The number of hydrogen-bond donors (Lipinski definition) is 2. The van der Waals surface area contributed by atoms with Crippen LogP contribution in [0.15, 0.2) is 47.4 Å². The fourth-order valence-corrected chi connectivity index (χ4v) is 3.03. The fourth-order valence-electron chi connectivity index (χ4n) is 2.02. The molecular weight excluding hydrogens is 302 g/mol. The van der Waals surface area contributed by atoms with Crippen LogP contribution in [0.25, 0.3) is 0 Å². The van der Waals surface area contributed by atoms with Gasteiger partial charge in [0.25, 0.3) is 0 Å². The van der Waals surface area contributed by atoms with Crippen LogP contribution >= 0.6 is 0 Å². The van der Waals surface area contributed by atoms with Gasteiger partial charge in [-0.05, 0) is 49.2 Å². The van der Waals surface area contributed by atoms with E-state index in [2.05, 4.69) is 4.72 Å². The molecular formula is C16H17NO4S. The van der Waals surface area contributed by atoms with Gasteiger partial charge in [-0.15, -0.1) is 0 Å². The Labute approximate surface area is 129 Å². The van der Waals surface area contributed by atoms with Crippen LogP contribution in [0.1, 0.15) is 27.0 Å². The number of aromatic carboxylic acids is 1. The minimum Gasteiger partial charge on any atom is -0.478 e. The molecule has 0 saturated carbocycles. The fraction of sp³-hybridized carbons (Fsp3) is 0.188. The molecule has 2 aromatic rings. The highest BCUT2D eigenvalue weighted by Crippen LogP contribution is 2.14. The average Bonchev–Trinajstić information content (AvgIpc) is 2.48. The Morgan fingerprint density at radius 1 is 1.09 bits per heavy atom. The van der Waals surface area contributed by atoms with Gasteiger partial charge in [-0.2, -0.15) is 0 Å². The van der Waals surface area contributed by atoms with E-state index < -0.39 is 16.0 Å². The largest absolute Gasteiger partial charge is 0.478 e. The summed E-state index contributed by atoms with van der Waals surface area (Å²) < 4.78 is 27.0. The van der Waals surface area contributed by atoms with Crippen molar-refractivity contribution in [1.29, 1.82) is 0 Å². The van der Waals surface area contributed by atoms with Crippen LogP contribution in [-0.2, 0) is 16.6 Å². The molecule has 116 valence electrons. The van der Waals surface area contributed by atoms with Gasteiger partial charge >= 0.3 is 5.97 Å². The lowest BCUT2D eigenvalue weighted by molar-refractivity contribution is 0.0696. The predicted octanol–water partition coefficient (Wildman–Crippen LogP) is 2.48. The highest BCUT2D eigenvalue weighted by atomic mass is 32.2. The summed E-state index contributed by atoms with van der Waals surface area (Å²) in [4.78, 5) is 10.8. The molecule has 0 heterocycles. The number of carboxylic acid groups (broad SMARTS) is 1. The number of rotatable bonds is 5. The second-order valence-corrected chi connectivity index (χ2v) is 6.85. The zero-order chi connectivity index (χ0) is 16.3. The summed E-state index contributed by atoms with van der Waals surface area (Å²) in [7, 11) is -3.67. The quantitative estimate of drug-likeness (QED) is 0.887. The number of benzene rings is 2. The van der Waals surface area contributed by atoms with E-state index in [1.165, 1.54) is 24.3 Å². The lowest BCUT2D eigenvalue weighted by Gasteiger charge is -2.10. The number of sulfonamides is 1. The summed E-state index contributed by atoms with van der Waals surface area (Å²) in [6, 6.07) is 11.0. The minimum absolute atomic E-state index is 0.0443. The number of nitrogens with one attached hydrogen (secondary N) is 1. The first kappa shape index (κ1) is 16.2. The Hall–Kier alpha value is -2.18. The summed E-state index contributed by atoms with van der Waals surface area (Å²) in [6.07, 6.45) is 0. The summed E-state index contributed by atoms with van der Waals surface area (Å²) in [5.74, 6) is -1.09. The van der Waals surface area contributed by atoms with Crippen LogP contribution in [0, 0.1) is 13.8 Å². The van der Waals surface area contributed by atoms with Crippen molar-refractivity contribution in [3.63, 3.8) is 0 Å². The van der Waals surface area contributed by atoms with Gasteiger partial charge in [-0.3, -0.25) is 0 Å². The highest BCUT2D eigenvalue weighted by Gasteiger charge is 2.15. The van der Waals surface area contributed by atoms with Crippen molar-refractivity contribution in [2.45, 2.75) is 25.3 Å². The van der Waals surface area contributed by atoms with Crippen LogP contribution in [0.5, 0.6) is 0 Å². The van der Waals surface area contributed by atoms with E-state index in [1.54, 1.807) is 0 Å². The standard InChI is InChI=1S/C16H17NO4S/c1-11-3-4-12(2)14(9-11)10-17-22(20,21)15-7-5-13(6-8-15)16(18)19/h3-9,17H,10H2,1-2H3,(H,18,19). The molecule has 5 nitrogen and oxygen atoms in total. The zero-order valence-corrected chi connectivity index (χ0v) is 13.1. The summed E-state index contributed by atoms with van der Waals surface area (Å²) in [5.41, 5.74) is 3.03. The monoisotopic (exact) mass is 319 g/mol. The topological polar surface area (TPSA) is 83.5 Å². The second kappa shape index (κ2) is 6.29. The third-order valence-electron chi connectivity index (χ3n) is 3.37. The summed E-state index contributed by atoms with van der Waals surface area (Å²) in [5, 5.41) is 8.82. The van der Waals surface area contributed by atoms with E-state index in [9.17, 15) is 13.2 Å². The molecule has 0 unspecified atom stereocenters. The molecule has 0 bridgehead atoms. The maximum Gasteiger partial charge on any atom is 0.335 e. The van der Waals surface area contributed by atoms with Crippen LogP contribution in [0.3, 0.4) is 0 Å². The molecule has 0 fully saturated rings. The van der Waals surface area contributed by atoms with Gasteiger partial charge in [0.05, 0.1) is 10.5 Å². The number of carbonyl (C=O) groups is 1. The maximum absolute atomic E-state index is 12.2. The van der Waals surface area contributed by atoms with Crippen molar-refractivity contribution in [3.8, 4) is 0 Å². The number of aryl methyl sites for hydroxylation is 2. The number of hydrogen-bond acceptors (Lipinski definition) is 3. The third kappa shape index (κ3) is 3.72. The molecule has 0 atom stereocenters. The molecule has 22 heavy (non-hydrogen) atoms. The summed E-state index contributed by atoms with van der Waals surface area (Å²) >= 11 is 0. The van der Waals surface area contributed by atoms with Crippen molar-refractivity contribution < 1.29 is 18.3 Å². The molecule has 0 aliphatic rings. The van der Waals surface area contributed by atoms with Crippen molar-refractivity contribution in [2.75, 3.05) is 0 Å². The molecule has 0 aliphatic heterocycles. The maximum atomic E-state index is 12.2. The molecule has 0 spiro atoms. The van der Waals surface area contributed by atoms with Gasteiger partial charge < -0.3 is 5.11 Å². The second-order valence-electron chi connectivity index (χ2n) is 5.08. The van der Waals surface area contributed by atoms with Gasteiger partial charge in [-0.1, -0.05) is 23.8 Å². The third-order valence-corrected chi connectivity index (χ3v) is 4.79. The van der Waals surface area contributed by atoms with Gasteiger partial charge in [0.1, 0.15) is 0 Å². The molecule has 0 saturated heterocycles. The van der Waals surface area contributed by atoms with Gasteiger partial charge in [-0.25, -0.2) is 17.9 Å². The first-order valence-electron chi connectivity index (χ1n) is 6.69. The molecule has 2 rings (SSSR count). The Balaban J connectivity index is 2.17. The van der Waals surface area contributed by atoms with Gasteiger partial charge in [0.2, 0.25) is 10.0 Å². The molecule has 0 aliphatic carbocycles. The highest BCUT2D eigenvalue weighted by molar-refractivity contribution is 7.89. The van der Waals surface area contributed by atoms with Crippen molar-refractivity contribution >= 4 is 16.0 Å². The lowest BCUT2D eigenvalue weighted by atomic mass is 10.1. The van der Waals surface area contributed by atoms with Crippen molar-refractivity contribution in [3.05, 3.63) is 64.7 Å². The molecule has 6 heteroatoms. The molecule has 0 radical (unpaired) electrons. The minimum atomic E-state index is -3.67. The van der Waals surface area contributed by atoms with Crippen LogP contribution in [0.4, 0.5) is 0 Å². The van der Waals surface area contributed by atoms with Crippen LogP contribution in [0.2, 0.25) is 0 Å². The molecule has 0 aromatic heterocycles. The Morgan fingerprint density at radius 2 is 1.73 bits per heavy atom. The normalized spacial score (nSPS) is 11.4. The van der Waals surface area contributed by atoms with Gasteiger partial charge in [0.15, 0.2) is 0 Å². The Bertz CT molecular complexity index is 795. The first-order valence-corrected chi connectivity index (χ1v) is 8.17. The molecule has 0 amide bonds. The van der Waals surface area contributed by atoms with Crippen LogP contribution in [-0.4, -0.2) is 19.5 Å². The van der Waals surface area contributed by atoms with E-state index in [0.717, 1.165) is 16.7 Å². The molecule has 2 N–H and O–H groups in total. The van der Waals surface area contributed by atoms with E-state index in [4.69, 9.17) is 5.11 Å². The molecule has 2 aromatic carbocycles. The SMILES string of the molecule is Cc1ccc(C)c(CNS(=O)(=O)c2ccc(C(=O)O)cc2)c1. The Kier molecular flexibility index (Phi) is 4.63. The summed E-state index contributed by atoms with van der Waals surface area (Å²) in [6.45, 7) is 4.06. The van der Waals surface area contributed by atoms with Crippen molar-refractivity contribution in [2.24, 2.45) is 0 Å². The van der Waals surface area contributed by atoms with Gasteiger partial charge in [0, 0.05) is 6.54 Å². The van der Waals surface area contributed by atoms with E-state index in [0.29, 0.717) is 0 Å². The van der Waals surface area contributed by atoms with E-state index in [-0.39, 0.29) is 17.0 Å². The lowest BCUT2D eigenvalue weighted by Crippen LogP contribution is -2.23. The van der Waals surface area contributed by atoms with Crippen molar-refractivity contribution in [1.82, 2.24) is 4.72 Å².